The lowest BCUT2D eigenvalue weighted by atomic mass is 10.1. The predicted molar refractivity (Wildman–Crippen MR) is 94.3 cm³/mol. The number of carbonyl (C=O) groups excluding carboxylic acids is 1. The molecule has 0 bridgehead atoms. The molecule has 23 heavy (non-hydrogen) atoms. The smallest absolute Gasteiger partial charge is 0.235 e. The summed E-state index contributed by atoms with van der Waals surface area (Å²) in [6.45, 7) is 4.13. The van der Waals surface area contributed by atoms with Crippen molar-refractivity contribution in [1.82, 2.24) is 10.6 Å². The Morgan fingerprint density at radius 3 is 2.70 bits per heavy atom. The van der Waals surface area contributed by atoms with Gasteiger partial charge in [0.2, 0.25) is 5.91 Å². The minimum absolute atomic E-state index is 0. The molecule has 0 spiro atoms. The zero-order valence-corrected chi connectivity index (χ0v) is 15.1. The van der Waals surface area contributed by atoms with E-state index in [9.17, 15) is 13.2 Å². The Morgan fingerprint density at radius 2 is 1.96 bits per heavy atom. The van der Waals surface area contributed by atoms with Gasteiger partial charge in [0.1, 0.15) is 5.75 Å². The predicted octanol–water partition coefficient (Wildman–Crippen LogP) is 1.93. The highest BCUT2D eigenvalue weighted by Gasteiger charge is 2.16. The lowest BCUT2D eigenvalue weighted by Gasteiger charge is -2.08. The van der Waals surface area contributed by atoms with Crippen molar-refractivity contribution in [3.63, 3.8) is 0 Å². The number of benzene rings is 1. The SMILES string of the molecule is CCCCCS(=O)(=O)CC(=O)NCc1ccc2c(c1)CNC2.Cl. The van der Waals surface area contributed by atoms with Gasteiger partial charge in [-0.1, -0.05) is 38.0 Å². The van der Waals surface area contributed by atoms with Crippen LogP contribution < -0.4 is 10.6 Å². The molecule has 1 aromatic rings. The molecular weight excluding hydrogens is 336 g/mol. The molecule has 0 aromatic heterocycles. The third kappa shape index (κ3) is 6.49. The maximum absolute atomic E-state index is 11.8. The maximum atomic E-state index is 11.8. The van der Waals surface area contributed by atoms with E-state index in [1.54, 1.807) is 0 Å². The van der Waals surface area contributed by atoms with Gasteiger partial charge in [-0.05, 0) is 23.1 Å². The van der Waals surface area contributed by atoms with Crippen LogP contribution in [0.2, 0.25) is 0 Å². The van der Waals surface area contributed by atoms with Crippen LogP contribution in [0.3, 0.4) is 0 Å². The second kappa shape index (κ2) is 9.25. The number of amides is 1. The minimum Gasteiger partial charge on any atom is -0.351 e. The normalized spacial score (nSPS) is 13.3. The van der Waals surface area contributed by atoms with Crippen LogP contribution in [-0.2, 0) is 34.3 Å². The average Bonchev–Trinajstić information content (AvgIpc) is 2.92. The van der Waals surface area contributed by atoms with E-state index in [4.69, 9.17) is 0 Å². The quantitative estimate of drug-likeness (QED) is 0.695. The minimum atomic E-state index is -3.29. The van der Waals surface area contributed by atoms with Gasteiger partial charge >= 0.3 is 0 Å². The summed E-state index contributed by atoms with van der Waals surface area (Å²) < 4.78 is 23.6. The van der Waals surface area contributed by atoms with E-state index in [0.29, 0.717) is 13.0 Å². The molecule has 0 aliphatic carbocycles. The van der Waals surface area contributed by atoms with E-state index in [-0.39, 0.29) is 18.2 Å². The number of rotatable bonds is 8. The number of sulfone groups is 1. The first-order valence-corrected chi connectivity index (χ1v) is 9.61. The Hall–Kier alpha value is -1.11. The second-order valence-corrected chi connectivity index (χ2v) is 7.97. The molecule has 1 heterocycles. The van der Waals surface area contributed by atoms with Crippen molar-refractivity contribution in [1.29, 1.82) is 0 Å². The van der Waals surface area contributed by atoms with Gasteiger partial charge in [-0.25, -0.2) is 8.42 Å². The Morgan fingerprint density at radius 1 is 1.22 bits per heavy atom. The molecule has 0 atom stereocenters. The van der Waals surface area contributed by atoms with Crippen molar-refractivity contribution in [3.8, 4) is 0 Å². The van der Waals surface area contributed by atoms with Crippen LogP contribution in [0.25, 0.3) is 0 Å². The fourth-order valence-electron chi connectivity index (χ4n) is 2.55. The molecule has 2 N–H and O–H groups in total. The second-order valence-electron chi connectivity index (χ2n) is 5.78. The largest absolute Gasteiger partial charge is 0.351 e. The summed E-state index contributed by atoms with van der Waals surface area (Å²) in [6, 6.07) is 6.09. The van der Waals surface area contributed by atoms with Crippen LogP contribution in [0.5, 0.6) is 0 Å². The molecule has 5 nitrogen and oxygen atoms in total. The Kier molecular flexibility index (Phi) is 8.02. The van der Waals surface area contributed by atoms with Crippen molar-refractivity contribution in [3.05, 3.63) is 34.9 Å². The molecule has 0 fully saturated rings. The van der Waals surface area contributed by atoms with E-state index in [1.807, 2.05) is 13.0 Å². The molecule has 1 aliphatic rings. The fraction of sp³-hybridized carbons (Fsp3) is 0.562. The van der Waals surface area contributed by atoms with Crippen LogP contribution in [0.15, 0.2) is 18.2 Å². The number of hydrogen-bond donors (Lipinski definition) is 2. The summed E-state index contributed by atoms with van der Waals surface area (Å²) in [5.74, 6) is -0.739. The first-order chi connectivity index (χ1) is 10.5. The third-order valence-electron chi connectivity index (χ3n) is 3.80. The Balaban J connectivity index is 0.00000264. The molecule has 1 aliphatic heterocycles. The highest BCUT2D eigenvalue weighted by atomic mass is 35.5. The fourth-order valence-corrected chi connectivity index (χ4v) is 3.84. The summed E-state index contributed by atoms with van der Waals surface area (Å²) in [5, 5.41) is 5.97. The van der Waals surface area contributed by atoms with Gasteiger partial charge in [-0.15, -0.1) is 12.4 Å². The van der Waals surface area contributed by atoms with E-state index in [0.717, 1.165) is 31.5 Å². The van der Waals surface area contributed by atoms with Crippen LogP contribution in [0, 0.1) is 0 Å². The average molecular weight is 361 g/mol. The van der Waals surface area contributed by atoms with Crippen molar-refractivity contribution >= 4 is 28.2 Å². The van der Waals surface area contributed by atoms with Crippen molar-refractivity contribution in [2.45, 2.75) is 45.8 Å². The van der Waals surface area contributed by atoms with Crippen LogP contribution in [-0.4, -0.2) is 25.8 Å². The van der Waals surface area contributed by atoms with Gasteiger partial charge in [-0.2, -0.15) is 0 Å². The molecule has 0 radical (unpaired) electrons. The van der Waals surface area contributed by atoms with Crippen molar-refractivity contribution in [2.24, 2.45) is 0 Å². The number of halogens is 1. The number of hydrogen-bond acceptors (Lipinski definition) is 4. The summed E-state index contributed by atoms with van der Waals surface area (Å²) in [6.07, 6.45) is 2.48. The van der Waals surface area contributed by atoms with Crippen molar-refractivity contribution in [2.75, 3.05) is 11.5 Å². The number of carbonyl (C=O) groups is 1. The topological polar surface area (TPSA) is 75.3 Å². The molecule has 130 valence electrons. The molecule has 0 saturated carbocycles. The number of nitrogens with one attached hydrogen (secondary N) is 2. The standard InChI is InChI=1S/C16H24N2O3S.ClH/c1-2-3-4-7-22(20,21)12-16(19)18-9-13-5-6-14-10-17-11-15(14)8-13;/h5-6,8,17H,2-4,7,9-12H2,1H3,(H,18,19);1H. The van der Waals surface area contributed by atoms with Gasteiger partial charge in [0.15, 0.2) is 9.84 Å². The van der Waals surface area contributed by atoms with E-state index in [1.165, 1.54) is 11.1 Å². The number of unbranched alkanes of at least 4 members (excludes halogenated alkanes) is 2. The Bertz CT molecular complexity index is 632. The lowest BCUT2D eigenvalue weighted by Crippen LogP contribution is -2.31. The van der Waals surface area contributed by atoms with E-state index >= 15 is 0 Å². The number of fused-ring (bicyclic) bond motifs is 1. The summed E-state index contributed by atoms with van der Waals surface area (Å²) in [7, 11) is -3.29. The zero-order chi connectivity index (χ0) is 16.0. The van der Waals surface area contributed by atoms with E-state index in [2.05, 4.69) is 22.8 Å². The van der Waals surface area contributed by atoms with Crippen LogP contribution in [0.4, 0.5) is 0 Å². The van der Waals surface area contributed by atoms with Crippen LogP contribution in [0.1, 0.15) is 42.9 Å². The van der Waals surface area contributed by atoms with Crippen LogP contribution >= 0.6 is 12.4 Å². The molecule has 1 aromatic carbocycles. The molecule has 2 rings (SSSR count). The molecule has 1 amide bonds. The van der Waals surface area contributed by atoms with Gasteiger partial charge in [0.05, 0.1) is 5.75 Å². The molecule has 7 heteroatoms. The summed E-state index contributed by atoms with van der Waals surface area (Å²) >= 11 is 0. The van der Waals surface area contributed by atoms with E-state index < -0.39 is 21.5 Å². The third-order valence-corrected chi connectivity index (χ3v) is 5.41. The maximum Gasteiger partial charge on any atom is 0.235 e. The molecule has 0 saturated heterocycles. The first kappa shape index (κ1) is 19.9. The molecular formula is C16H25ClN2O3S. The van der Waals surface area contributed by atoms with Crippen molar-refractivity contribution < 1.29 is 13.2 Å². The highest BCUT2D eigenvalue weighted by molar-refractivity contribution is 7.92. The monoisotopic (exact) mass is 360 g/mol. The Labute approximate surface area is 144 Å². The van der Waals surface area contributed by atoms with Gasteiger partial charge < -0.3 is 10.6 Å². The van der Waals surface area contributed by atoms with Gasteiger partial charge in [0, 0.05) is 19.6 Å². The summed E-state index contributed by atoms with van der Waals surface area (Å²) in [4.78, 5) is 11.8. The van der Waals surface area contributed by atoms with Gasteiger partial charge in [-0.3, -0.25) is 4.79 Å². The van der Waals surface area contributed by atoms with Gasteiger partial charge in [0.25, 0.3) is 0 Å². The highest BCUT2D eigenvalue weighted by Crippen LogP contribution is 2.16. The first-order valence-electron chi connectivity index (χ1n) is 7.78. The summed E-state index contributed by atoms with van der Waals surface area (Å²) in [5.41, 5.74) is 3.53. The zero-order valence-electron chi connectivity index (χ0n) is 13.4. The molecule has 0 unspecified atom stereocenters. The lowest BCUT2D eigenvalue weighted by molar-refractivity contribution is -0.118.